The van der Waals surface area contributed by atoms with Crippen LogP contribution in [-0.2, 0) is 18.3 Å². The molecule has 2 unspecified atom stereocenters. The molecule has 0 aromatic carbocycles. The standard InChI is InChI=1S/C14H22N2O/c1-4-11-5-6-14(17)12(8-11)9-13-7-10(2)15-16(13)3/h7,11-12H,4-6,8-9H2,1-3H3. The van der Waals surface area contributed by atoms with E-state index in [4.69, 9.17) is 0 Å². The van der Waals surface area contributed by atoms with Gasteiger partial charge in [-0.3, -0.25) is 9.48 Å². The molecule has 94 valence electrons. The molecule has 1 fully saturated rings. The average molecular weight is 234 g/mol. The summed E-state index contributed by atoms with van der Waals surface area (Å²) in [6, 6.07) is 2.10. The van der Waals surface area contributed by atoms with E-state index in [0.717, 1.165) is 37.3 Å². The van der Waals surface area contributed by atoms with E-state index >= 15 is 0 Å². The van der Waals surface area contributed by atoms with Crippen LogP contribution in [0, 0.1) is 18.8 Å². The Bertz CT molecular complexity index is 408. The van der Waals surface area contributed by atoms with Crippen molar-refractivity contribution in [1.82, 2.24) is 9.78 Å². The summed E-state index contributed by atoms with van der Waals surface area (Å²) in [4.78, 5) is 11.9. The molecule has 0 N–H and O–H groups in total. The zero-order valence-corrected chi connectivity index (χ0v) is 11.1. The fourth-order valence-corrected chi connectivity index (χ4v) is 2.88. The van der Waals surface area contributed by atoms with E-state index in [-0.39, 0.29) is 5.92 Å². The van der Waals surface area contributed by atoms with E-state index in [1.807, 2.05) is 18.7 Å². The van der Waals surface area contributed by atoms with E-state index in [1.54, 1.807) is 0 Å². The Balaban J connectivity index is 2.06. The summed E-state index contributed by atoms with van der Waals surface area (Å²) < 4.78 is 1.91. The molecule has 3 heteroatoms. The summed E-state index contributed by atoms with van der Waals surface area (Å²) in [5.74, 6) is 1.42. The van der Waals surface area contributed by atoms with Crippen molar-refractivity contribution in [3.8, 4) is 0 Å². The van der Waals surface area contributed by atoms with Gasteiger partial charge in [-0.2, -0.15) is 5.10 Å². The van der Waals surface area contributed by atoms with Crippen molar-refractivity contribution in [1.29, 1.82) is 0 Å². The molecule has 1 aromatic heterocycles. The first-order chi connectivity index (χ1) is 8.10. The first-order valence-corrected chi connectivity index (χ1v) is 6.62. The largest absolute Gasteiger partial charge is 0.299 e. The van der Waals surface area contributed by atoms with E-state index in [9.17, 15) is 4.79 Å². The maximum atomic E-state index is 11.9. The second kappa shape index (κ2) is 5.03. The molecule has 0 bridgehead atoms. The van der Waals surface area contributed by atoms with Crippen LogP contribution in [0.5, 0.6) is 0 Å². The van der Waals surface area contributed by atoms with Crippen molar-refractivity contribution >= 4 is 5.78 Å². The normalized spacial score (nSPS) is 25.2. The van der Waals surface area contributed by atoms with Crippen LogP contribution in [0.1, 0.15) is 44.0 Å². The molecule has 1 heterocycles. The van der Waals surface area contributed by atoms with Gasteiger partial charge in [-0.05, 0) is 38.2 Å². The van der Waals surface area contributed by atoms with Crippen molar-refractivity contribution in [2.75, 3.05) is 0 Å². The minimum atomic E-state index is 0.225. The molecule has 1 aliphatic rings. The molecule has 1 aliphatic carbocycles. The van der Waals surface area contributed by atoms with Gasteiger partial charge < -0.3 is 0 Å². The van der Waals surface area contributed by atoms with E-state index in [2.05, 4.69) is 18.1 Å². The van der Waals surface area contributed by atoms with Gasteiger partial charge in [0.25, 0.3) is 0 Å². The van der Waals surface area contributed by atoms with Gasteiger partial charge in [0.15, 0.2) is 0 Å². The number of hydrogen-bond acceptors (Lipinski definition) is 2. The number of carbonyl (C=O) groups excluding carboxylic acids is 1. The number of rotatable bonds is 3. The number of Topliss-reactive ketones (excluding diaryl/α,β-unsaturated/α-hetero) is 1. The molecular formula is C14H22N2O. The van der Waals surface area contributed by atoms with Gasteiger partial charge in [0, 0.05) is 25.1 Å². The highest BCUT2D eigenvalue weighted by Crippen LogP contribution is 2.30. The molecule has 1 aromatic rings. The quantitative estimate of drug-likeness (QED) is 0.806. The van der Waals surface area contributed by atoms with Gasteiger partial charge >= 0.3 is 0 Å². The van der Waals surface area contributed by atoms with E-state index in [0.29, 0.717) is 5.78 Å². The minimum Gasteiger partial charge on any atom is -0.299 e. The van der Waals surface area contributed by atoms with Crippen molar-refractivity contribution in [2.24, 2.45) is 18.9 Å². The van der Waals surface area contributed by atoms with Gasteiger partial charge in [-0.15, -0.1) is 0 Å². The zero-order valence-electron chi connectivity index (χ0n) is 11.1. The molecule has 1 saturated carbocycles. The molecule has 0 spiro atoms. The summed E-state index contributed by atoms with van der Waals surface area (Å²) in [6.45, 7) is 4.23. The Hall–Kier alpha value is -1.12. The molecule has 0 aliphatic heterocycles. The van der Waals surface area contributed by atoms with Crippen LogP contribution in [-0.4, -0.2) is 15.6 Å². The lowest BCUT2D eigenvalue weighted by Crippen LogP contribution is -2.27. The predicted molar refractivity (Wildman–Crippen MR) is 67.8 cm³/mol. The second-order valence-electron chi connectivity index (χ2n) is 5.32. The summed E-state index contributed by atoms with van der Waals surface area (Å²) in [5, 5.41) is 4.35. The number of hydrogen-bond donors (Lipinski definition) is 0. The Morgan fingerprint density at radius 3 is 2.88 bits per heavy atom. The number of ketones is 1. The lowest BCUT2D eigenvalue weighted by atomic mass is 9.77. The van der Waals surface area contributed by atoms with Crippen molar-refractivity contribution in [2.45, 2.75) is 46.0 Å². The number of carbonyl (C=O) groups is 1. The van der Waals surface area contributed by atoms with Gasteiger partial charge in [0.05, 0.1) is 5.69 Å². The zero-order chi connectivity index (χ0) is 12.4. The molecule has 2 atom stereocenters. The van der Waals surface area contributed by atoms with Crippen molar-refractivity contribution in [3.05, 3.63) is 17.5 Å². The third kappa shape index (κ3) is 2.76. The van der Waals surface area contributed by atoms with E-state index < -0.39 is 0 Å². The van der Waals surface area contributed by atoms with Crippen LogP contribution in [0.15, 0.2) is 6.07 Å². The fourth-order valence-electron chi connectivity index (χ4n) is 2.88. The van der Waals surface area contributed by atoms with Gasteiger partial charge in [-0.1, -0.05) is 13.3 Å². The Morgan fingerprint density at radius 1 is 1.53 bits per heavy atom. The Labute approximate surface area is 103 Å². The van der Waals surface area contributed by atoms with Crippen LogP contribution in [0.3, 0.4) is 0 Å². The number of nitrogens with zero attached hydrogens (tertiary/aromatic N) is 2. The highest BCUT2D eigenvalue weighted by atomic mass is 16.1. The number of aromatic nitrogens is 2. The summed E-state index contributed by atoms with van der Waals surface area (Å²) >= 11 is 0. The Morgan fingerprint density at radius 2 is 2.29 bits per heavy atom. The van der Waals surface area contributed by atoms with Gasteiger partial charge in [0.1, 0.15) is 5.78 Å². The van der Waals surface area contributed by atoms with Crippen LogP contribution in [0.2, 0.25) is 0 Å². The first kappa shape index (κ1) is 12.3. The molecule has 3 nitrogen and oxygen atoms in total. The predicted octanol–water partition coefficient (Wildman–Crippen LogP) is 2.67. The molecule has 0 saturated heterocycles. The van der Waals surface area contributed by atoms with Crippen LogP contribution < -0.4 is 0 Å². The van der Waals surface area contributed by atoms with Crippen molar-refractivity contribution < 1.29 is 4.79 Å². The topological polar surface area (TPSA) is 34.9 Å². The molecule has 2 rings (SSSR count). The van der Waals surface area contributed by atoms with Gasteiger partial charge in [-0.25, -0.2) is 0 Å². The van der Waals surface area contributed by atoms with Crippen LogP contribution in [0.25, 0.3) is 0 Å². The lowest BCUT2D eigenvalue weighted by Gasteiger charge is -2.27. The maximum Gasteiger partial charge on any atom is 0.136 e. The summed E-state index contributed by atoms with van der Waals surface area (Å²) in [7, 11) is 1.97. The second-order valence-corrected chi connectivity index (χ2v) is 5.32. The fraction of sp³-hybridized carbons (Fsp3) is 0.714. The van der Waals surface area contributed by atoms with Crippen molar-refractivity contribution in [3.63, 3.8) is 0 Å². The third-order valence-electron chi connectivity index (χ3n) is 4.00. The van der Waals surface area contributed by atoms with Gasteiger partial charge in [0.2, 0.25) is 0 Å². The monoisotopic (exact) mass is 234 g/mol. The lowest BCUT2D eigenvalue weighted by molar-refractivity contribution is -0.125. The SMILES string of the molecule is CCC1CCC(=O)C(Cc2cc(C)nn2C)C1. The summed E-state index contributed by atoms with van der Waals surface area (Å²) in [5.41, 5.74) is 2.23. The molecular weight excluding hydrogens is 212 g/mol. The average Bonchev–Trinajstić information content (AvgIpc) is 2.60. The first-order valence-electron chi connectivity index (χ1n) is 6.62. The Kier molecular flexibility index (Phi) is 3.65. The van der Waals surface area contributed by atoms with E-state index in [1.165, 1.54) is 12.1 Å². The van der Waals surface area contributed by atoms with Crippen LogP contribution >= 0.6 is 0 Å². The molecule has 17 heavy (non-hydrogen) atoms. The highest BCUT2D eigenvalue weighted by Gasteiger charge is 2.28. The third-order valence-corrected chi connectivity index (χ3v) is 4.00. The number of aryl methyl sites for hydroxylation is 2. The highest BCUT2D eigenvalue weighted by molar-refractivity contribution is 5.82. The molecule has 0 amide bonds. The minimum absolute atomic E-state index is 0.225. The summed E-state index contributed by atoms with van der Waals surface area (Å²) in [6.07, 6.45) is 5.01. The maximum absolute atomic E-state index is 11.9. The smallest absolute Gasteiger partial charge is 0.136 e. The molecule has 0 radical (unpaired) electrons. The van der Waals surface area contributed by atoms with Crippen LogP contribution in [0.4, 0.5) is 0 Å².